The average Bonchev–Trinajstić information content (AvgIpc) is 2.32. The van der Waals surface area contributed by atoms with Crippen LogP contribution in [-0.4, -0.2) is 16.0 Å². The molecule has 0 unspecified atom stereocenters. The normalized spacial score (nSPS) is 10.2. The molecule has 0 spiro atoms. The van der Waals surface area contributed by atoms with E-state index in [1.54, 1.807) is 0 Å². The Morgan fingerprint density at radius 3 is 2.14 bits per heavy atom. The molecule has 1 heterocycles. The summed E-state index contributed by atoms with van der Waals surface area (Å²) in [4.78, 5) is 39.1. The number of H-pyrrole nitrogens is 2. The summed E-state index contributed by atoms with van der Waals surface area (Å²) in [5, 5.41) is 5.08. The van der Waals surface area contributed by atoms with Crippen LogP contribution in [0, 0.1) is 20.8 Å². The minimum Gasteiger partial charge on any atom is -0.309 e. The van der Waals surface area contributed by atoms with Crippen LogP contribution in [-0.2, 0) is 0 Å². The smallest absolute Gasteiger partial charge is 0.309 e. The second kappa shape index (κ2) is 5.66. The molecular weight excluding hydrogens is 272 g/mol. The van der Waals surface area contributed by atoms with Crippen LogP contribution in [0.3, 0.4) is 0 Å². The number of carbonyl (C=O) groups excluding carboxylic acids is 1. The first-order valence-corrected chi connectivity index (χ1v) is 6.34. The van der Waals surface area contributed by atoms with Crippen molar-refractivity contribution in [1.82, 2.24) is 9.97 Å². The zero-order valence-electron chi connectivity index (χ0n) is 12.0. The predicted octanol–water partition coefficient (Wildman–Crippen LogP) is 1.63. The number of anilines is 2. The van der Waals surface area contributed by atoms with Gasteiger partial charge in [0.1, 0.15) is 5.69 Å². The average molecular weight is 288 g/mol. The number of aryl methyl sites for hydroxylation is 3. The first kappa shape index (κ1) is 14.6. The molecule has 1 aromatic carbocycles. The van der Waals surface area contributed by atoms with E-state index in [1.807, 2.05) is 32.0 Å². The number of nitrogens with one attached hydrogen (secondary N) is 4. The van der Waals surface area contributed by atoms with Gasteiger partial charge in [-0.3, -0.25) is 9.78 Å². The molecule has 0 atom stereocenters. The highest BCUT2D eigenvalue weighted by molar-refractivity contribution is 6.00. The Balaban J connectivity index is 2.19. The molecule has 1 aromatic heterocycles. The number of benzene rings is 1. The van der Waals surface area contributed by atoms with Gasteiger partial charge in [0.2, 0.25) is 0 Å². The maximum atomic E-state index is 11.9. The molecule has 2 amide bonds. The molecule has 0 aliphatic heterocycles. The summed E-state index contributed by atoms with van der Waals surface area (Å²) < 4.78 is 0. The SMILES string of the molecule is Cc1cc(C)cc(NC(=O)Nc2c(C)[nH]c(=O)[nH]c2=O)c1. The summed E-state index contributed by atoms with van der Waals surface area (Å²) in [7, 11) is 0. The highest BCUT2D eigenvalue weighted by Gasteiger charge is 2.10. The van der Waals surface area contributed by atoms with Crippen LogP contribution in [0.2, 0.25) is 0 Å². The van der Waals surface area contributed by atoms with E-state index in [0.717, 1.165) is 11.1 Å². The van der Waals surface area contributed by atoms with E-state index in [1.165, 1.54) is 6.92 Å². The molecule has 0 fully saturated rings. The van der Waals surface area contributed by atoms with Crippen LogP contribution in [0.25, 0.3) is 0 Å². The van der Waals surface area contributed by atoms with Gasteiger partial charge >= 0.3 is 11.7 Å². The first-order valence-electron chi connectivity index (χ1n) is 6.34. The van der Waals surface area contributed by atoms with Crippen LogP contribution >= 0.6 is 0 Å². The topological polar surface area (TPSA) is 107 Å². The van der Waals surface area contributed by atoms with Crippen molar-refractivity contribution in [2.75, 3.05) is 10.6 Å². The van der Waals surface area contributed by atoms with Crippen molar-refractivity contribution in [2.45, 2.75) is 20.8 Å². The molecule has 0 saturated carbocycles. The maximum Gasteiger partial charge on any atom is 0.326 e. The Labute approximate surface area is 120 Å². The highest BCUT2D eigenvalue weighted by atomic mass is 16.2. The fraction of sp³-hybridized carbons (Fsp3) is 0.214. The quantitative estimate of drug-likeness (QED) is 0.674. The molecular formula is C14H16N4O3. The predicted molar refractivity (Wildman–Crippen MR) is 81.0 cm³/mol. The van der Waals surface area contributed by atoms with Crippen molar-refractivity contribution in [3.8, 4) is 0 Å². The standard InChI is InChI=1S/C14H16N4O3/c1-7-4-8(2)6-10(5-7)16-14(21)17-11-9(3)15-13(20)18-12(11)19/h4-6H,1-3H3,(H2,16,17,21)(H2,15,18,19,20). The summed E-state index contributed by atoms with van der Waals surface area (Å²) in [6.07, 6.45) is 0. The molecule has 7 heteroatoms. The van der Waals surface area contributed by atoms with Crippen molar-refractivity contribution in [3.05, 3.63) is 55.9 Å². The number of amides is 2. The molecule has 2 aromatic rings. The zero-order valence-corrected chi connectivity index (χ0v) is 12.0. The highest BCUT2D eigenvalue weighted by Crippen LogP contribution is 2.14. The van der Waals surface area contributed by atoms with Gasteiger partial charge < -0.3 is 15.6 Å². The second-order valence-corrected chi connectivity index (χ2v) is 4.86. The zero-order chi connectivity index (χ0) is 15.6. The first-order chi connectivity index (χ1) is 9.85. The number of hydrogen-bond donors (Lipinski definition) is 4. The molecule has 0 saturated heterocycles. The monoisotopic (exact) mass is 288 g/mol. The molecule has 0 bridgehead atoms. The molecule has 2 rings (SSSR count). The van der Waals surface area contributed by atoms with Gasteiger partial charge in [0, 0.05) is 11.4 Å². The van der Waals surface area contributed by atoms with Gasteiger partial charge in [0.25, 0.3) is 5.56 Å². The van der Waals surface area contributed by atoms with Crippen LogP contribution in [0.4, 0.5) is 16.2 Å². The molecule has 0 aliphatic carbocycles. The summed E-state index contributed by atoms with van der Waals surface area (Å²) >= 11 is 0. The lowest BCUT2D eigenvalue weighted by Crippen LogP contribution is -2.30. The molecule has 7 nitrogen and oxygen atoms in total. The van der Waals surface area contributed by atoms with Crippen molar-refractivity contribution in [1.29, 1.82) is 0 Å². The van der Waals surface area contributed by atoms with E-state index < -0.39 is 17.3 Å². The van der Waals surface area contributed by atoms with E-state index in [-0.39, 0.29) is 5.69 Å². The third-order valence-electron chi connectivity index (χ3n) is 2.85. The van der Waals surface area contributed by atoms with Crippen molar-refractivity contribution in [2.24, 2.45) is 0 Å². The van der Waals surface area contributed by atoms with E-state index in [0.29, 0.717) is 11.4 Å². The summed E-state index contributed by atoms with van der Waals surface area (Å²) in [5.41, 5.74) is 1.70. The minimum atomic E-state index is -0.646. The largest absolute Gasteiger partial charge is 0.326 e. The van der Waals surface area contributed by atoms with E-state index >= 15 is 0 Å². The lowest BCUT2D eigenvalue weighted by molar-refractivity contribution is 0.262. The molecule has 21 heavy (non-hydrogen) atoms. The van der Waals surface area contributed by atoms with Gasteiger partial charge in [0.05, 0.1) is 0 Å². The Hall–Kier alpha value is -2.83. The Morgan fingerprint density at radius 2 is 1.57 bits per heavy atom. The van der Waals surface area contributed by atoms with Gasteiger partial charge in [-0.15, -0.1) is 0 Å². The summed E-state index contributed by atoms with van der Waals surface area (Å²) in [6.45, 7) is 5.38. The van der Waals surface area contributed by atoms with E-state index in [4.69, 9.17) is 0 Å². The number of hydrogen-bond acceptors (Lipinski definition) is 3. The lowest BCUT2D eigenvalue weighted by atomic mass is 10.1. The van der Waals surface area contributed by atoms with Gasteiger partial charge in [-0.2, -0.15) is 0 Å². The van der Waals surface area contributed by atoms with Crippen molar-refractivity contribution in [3.63, 3.8) is 0 Å². The van der Waals surface area contributed by atoms with Crippen molar-refractivity contribution >= 4 is 17.4 Å². The molecule has 4 N–H and O–H groups in total. The number of aromatic nitrogens is 2. The van der Waals surface area contributed by atoms with Gasteiger partial charge in [-0.25, -0.2) is 9.59 Å². The Kier molecular flexibility index (Phi) is 3.93. The fourth-order valence-electron chi connectivity index (χ4n) is 2.07. The van der Waals surface area contributed by atoms with Crippen LogP contribution in [0.15, 0.2) is 27.8 Å². The number of aromatic amines is 2. The molecule has 110 valence electrons. The number of rotatable bonds is 2. The Bertz CT molecular complexity index is 784. The second-order valence-electron chi connectivity index (χ2n) is 4.86. The van der Waals surface area contributed by atoms with Crippen LogP contribution < -0.4 is 21.9 Å². The van der Waals surface area contributed by atoms with E-state index in [9.17, 15) is 14.4 Å². The third kappa shape index (κ3) is 3.59. The van der Waals surface area contributed by atoms with Gasteiger partial charge in [-0.05, 0) is 44.0 Å². The molecule has 0 aliphatic rings. The van der Waals surface area contributed by atoms with Crippen LogP contribution in [0.1, 0.15) is 16.8 Å². The lowest BCUT2D eigenvalue weighted by Gasteiger charge is -2.10. The summed E-state index contributed by atoms with van der Waals surface area (Å²) in [6, 6.07) is 5.06. The number of urea groups is 1. The minimum absolute atomic E-state index is 0.0106. The van der Waals surface area contributed by atoms with Crippen LogP contribution in [0.5, 0.6) is 0 Å². The van der Waals surface area contributed by atoms with Crippen molar-refractivity contribution < 1.29 is 4.79 Å². The summed E-state index contributed by atoms with van der Waals surface area (Å²) in [5.74, 6) is 0. The maximum absolute atomic E-state index is 11.9. The van der Waals surface area contributed by atoms with Gasteiger partial charge in [-0.1, -0.05) is 6.07 Å². The molecule has 0 radical (unpaired) electrons. The number of carbonyl (C=O) groups is 1. The fourth-order valence-corrected chi connectivity index (χ4v) is 2.07. The Morgan fingerprint density at radius 1 is 0.952 bits per heavy atom. The third-order valence-corrected chi connectivity index (χ3v) is 2.85. The van der Waals surface area contributed by atoms with E-state index in [2.05, 4.69) is 20.6 Å². The van der Waals surface area contributed by atoms with Gasteiger partial charge in [0.15, 0.2) is 0 Å².